The number of benzene rings is 1. The molecule has 0 saturated carbocycles. The van der Waals surface area contributed by atoms with Gasteiger partial charge in [-0.25, -0.2) is 13.1 Å². The van der Waals surface area contributed by atoms with Gasteiger partial charge in [-0.2, -0.15) is 0 Å². The predicted octanol–water partition coefficient (Wildman–Crippen LogP) is 2.02. The normalized spacial score (nSPS) is 11.6. The van der Waals surface area contributed by atoms with Gasteiger partial charge in [-0.05, 0) is 39.3 Å². The number of carbonyl (C=O) groups excluding carboxylic acids is 1. The smallest absolute Gasteiger partial charge is 0.240 e. The minimum absolute atomic E-state index is 0.0824. The van der Waals surface area contributed by atoms with Crippen LogP contribution in [0.4, 0.5) is 0 Å². The van der Waals surface area contributed by atoms with Crippen LogP contribution < -0.4 is 4.72 Å². The Kier molecular flexibility index (Phi) is 4.77. The van der Waals surface area contributed by atoms with E-state index in [1.54, 1.807) is 19.1 Å². The first kappa shape index (κ1) is 16.4. The Hall–Kier alpha value is -1.99. The highest BCUT2D eigenvalue weighted by molar-refractivity contribution is 7.89. The lowest BCUT2D eigenvalue weighted by Gasteiger charge is -2.07. The maximum Gasteiger partial charge on any atom is 0.240 e. The van der Waals surface area contributed by atoms with E-state index in [1.165, 1.54) is 19.1 Å². The summed E-state index contributed by atoms with van der Waals surface area (Å²) in [5.41, 5.74) is 2.03. The van der Waals surface area contributed by atoms with Crippen molar-refractivity contribution in [2.45, 2.75) is 32.1 Å². The van der Waals surface area contributed by atoms with Crippen molar-refractivity contribution in [2.75, 3.05) is 6.54 Å². The molecule has 1 aromatic heterocycles. The molecule has 6 nitrogen and oxygen atoms in total. The second-order valence-electron chi connectivity index (χ2n) is 5.03. The highest BCUT2D eigenvalue weighted by atomic mass is 32.2. The quantitative estimate of drug-likeness (QED) is 0.822. The topological polar surface area (TPSA) is 89.3 Å². The molecule has 0 aliphatic rings. The fourth-order valence-electron chi connectivity index (χ4n) is 2.13. The van der Waals surface area contributed by atoms with Crippen LogP contribution in [0.1, 0.15) is 34.3 Å². The third-order valence-electron chi connectivity index (χ3n) is 3.40. The molecule has 1 heterocycles. The molecule has 7 heteroatoms. The van der Waals surface area contributed by atoms with E-state index in [4.69, 9.17) is 4.52 Å². The lowest BCUT2D eigenvalue weighted by molar-refractivity contribution is 0.101. The summed E-state index contributed by atoms with van der Waals surface area (Å²) in [5, 5.41) is 3.83. The first-order chi connectivity index (χ1) is 10.3. The molecular formula is C15H18N2O4S. The van der Waals surface area contributed by atoms with Gasteiger partial charge in [0.15, 0.2) is 5.78 Å². The molecule has 0 radical (unpaired) electrons. The zero-order valence-electron chi connectivity index (χ0n) is 12.7. The lowest BCUT2D eigenvalue weighted by Crippen LogP contribution is -2.26. The standard InChI is InChI=1S/C15H18N2O4S/c1-10-15(12(3)21-17-10)7-8-16-22(19,20)14-6-4-5-13(9-14)11(2)18/h4-6,9,16H,7-8H2,1-3H3. The van der Waals surface area contributed by atoms with Crippen LogP contribution in [0.5, 0.6) is 0 Å². The molecule has 118 valence electrons. The van der Waals surface area contributed by atoms with E-state index in [9.17, 15) is 13.2 Å². The van der Waals surface area contributed by atoms with Crippen LogP contribution in [0.25, 0.3) is 0 Å². The van der Waals surface area contributed by atoms with E-state index in [0.29, 0.717) is 17.7 Å². The van der Waals surface area contributed by atoms with Crippen molar-refractivity contribution >= 4 is 15.8 Å². The summed E-state index contributed by atoms with van der Waals surface area (Å²) in [6.07, 6.45) is 0.493. The van der Waals surface area contributed by atoms with Gasteiger partial charge in [0.2, 0.25) is 10.0 Å². The molecule has 0 spiro atoms. The van der Waals surface area contributed by atoms with E-state index in [1.807, 2.05) is 6.92 Å². The van der Waals surface area contributed by atoms with Crippen LogP contribution in [0, 0.1) is 13.8 Å². The number of hydrogen-bond donors (Lipinski definition) is 1. The monoisotopic (exact) mass is 322 g/mol. The molecule has 1 N–H and O–H groups in total. The zero-order valence-corrected chi connectivity index (χ0v) is 13.5. The van der Waals surface area contributed by atoms with Crippen LogP contribution >= 0.6 is 0 Å². The van der Waals surface area contributed by atoms with Gasteiger partial charge in [0.25, 0.3) is 0 Å². The molecule has 0 amide bonds. The maximum absolute atomic E-state index is 12.2. The number of hydrogen-bond acceptors (Lipinski definition) is 5. The molecule has 0 saturated heterocycles. The summed E-state index contributed by atoms with van der Waals surface area (Å²) in [6, 6.07) is 5.98. The summed E-state index contributed by atoms with van der Waals surface area (Å²) in [5.74, 6) is 0.517. The van der Waals surface area contributed by atoms with Crippen molar-refractivity contribution in [3.63, 3.8) is 0 Å². The maximum atomic E-state index is 12.2. The summed E-state index contributed by atoms with van der Waals surface area (Å²) in [7, 11) is -3.65. The molecular weight excluding hydrogens is 304 g/mol. The Bertz CT molecular complexity index is 774. The average Bonchev–Trinajstić information content (AvgIpc) is 2.79. The fraction of sp³-hybridized carbons (Fsp3) is 0.333. The molecule has 1 aromatic carbocycles. The number of aromatic nitrogens is 1. The fourth-order valence-corrected chi connectivity index (χ4v) is 3.21. The molecule has 0 fully saturated rings. The number of nitrogens with zero attached hydrogens (tertiary/aromatic N) is 1. The van der Waals surface area contributed by atoms with E-state index in [-0.39, 0.29) is 17.2 Å². The lowest BCUT2D eigenvalue weighted by atomic mass is 10.1. The van der Waals surface area contributed by atoms with E-state index < -0.39 is 10.0 Å². The van der Waals surface area contributed by atoms with Crippen molar-refractivity contribution in [3.05, 3.63) is 46.8 Å². The van der Waals surface area contributed by atoms with Crippen LogP contribution in [0.2, 0.25) is 0 Å². The van der Waals surface area contributed by atoms with Crippen molar-refractivity contribution in [3.8, 4) is 0 Å². The second-order valence-corrected chi connectivity index (χ2v) is 6.80. The summed E-state index contributed by atoms with van der Waals surface area (Å²) < 4.78 is 32.1. The molecule has 0 atom stereocenters. The number of ketones is 1. The molecule has 0 bridgehead atoms. The van der Waals surface area contributed by atoms with Crippen LogP contribution in [0.15, 0.2) is 33.7 Å². The highest BCUT2D eigenvalue weighted by Crippen LogP contribution is 2.14. The van der Waals surface area contributed by atoms with Crippen molar-refractivity contribution < 1.29 is 17.7 Å². The molecule has 2 aromatic rings. The number of nitrogens with one attached hydrogen (secondary N) is 1. The molecule has 0 aliphatic carbocycles. The van der Waals surface area contributed by atoms with Gasteiger partial charge in [-0.3, -0.25) is 4.79 Å². The first-order valence-corrected chi connectivity index (χ1v) is 8.32. The SMILES string of the molecule is CC(=O)c1cccc(S(=O)(=O)NCCc2c(C)noc2C)c1. The van der Waals surface area contributed by atoms with Gasteiger partial charge in [0.05, 0.1) is 10.6 Å². The average molecular weight is 322 g/mol. The Labute approximate surface area is 129 Å². The predicted molar refractivity (Wildman–Crippen MR) is 81.3 cm³/mol. The highest BCUT2D eigenvalue weighted by Gasteiger charge is 2.16. The van der Waals surface area contributed by atoms with Gasteiger partial charge >= 0.3 is 0 Å². The first-order valence-electron chi connectivity index (χ1n) is 6.83. The zero-order chi connectivity index (χ0) is 16.3. The Morgan fingerprint density at radius 1 is 1.32 bits per heavy atom. The van der Waals surface area contributed by atoms with Gasteiger partial charge < -0.3 is 4.52 Å². The van der Waals surface area contributed by atoms with Crippen molar-refractivity contribution in [1.82, 2.24) is 9.88 Å². The molecule has 0 aliphatic heterocycles. The van der Waals surface area contributed by atoms with Crippen LogP contribution in [0.3, 0.4) is 0 Å². The second kappa shape index (κ2) is 6.41. The van der Waals surface area contributed by atoms with Gasteiger partial charge in [-0.1, -0.05) is 17.3 Å². The van der Waals surface area contributed by atoms with Crippen molar-refractivity contribution in [2.24, 2.45) is 0 Å². The van der Waals surface area contributed by atoms with Gasteiger partial charge in [-0.15, -0.1) is 0 Å². The third kappa shape index (κ3) is 3.61. The number of rotatable bonds is 6. The molecule has 0 unspecified atom stereocenters. The molecule has 2 rings (SSSR count). The summed E-state index contributed by atoms with van der Waals surface area (Å²) in [4.78, 5) is 11.4. The van der Waals surface area contributed by atoms with Crippen LogP contribution in [-0.2, 0) is 16.4 Å². The summed E-state index contributed by atoms with van der Waals surface area (Å²) >= 11 is 0. The van der Waals surface area contributed by atoms with E-state index in [0.717, 1.165) is 11.3 Å². The largest absolute Gasteiger partial charge is 0.361 e. The Morgan fingerprint density at radius 3 is 2.64 bits per heavy atom. The van der Waals surface area contributed by atoms with Crippen LogP contribution in [-0.4, -0.2) is 25.9 Å². The summed E-state index contributed by atoms with van der Waals surface area (Å²) in [6.45, 7) is 5.24. The third-order valence-corrected chi connectivity index (χ3v) is 4.86. The van der Waals surface area contributed by atoms with E-state index in [2.05, 4.69) is 9.88 Å². The number of aryl methyl sites for hydroxylation is 2. The van der Waals surface area contributed by atoms with E-state index >= 15 is 0 Å². The van der Waals surface area contributed by atoms with Crippen molar-refractivity contribution in [1.29, 1.82) is 0 Å². The minimum atomic E-state index is -3.65. The number of Topliss-reactive ketones (excluding diaryl/α,β-unsaturated/α-hetero) is 1. The Balaban J connectivity index is 2.08. The molecule has 22 heavy (non-hydrogen) atoms. The Morgan fingerprint density at radius 2 is 2.05 bits per heavy atom. The van der Waals surface area contributed by atoms with Gasteiger partial charge in [0.1, 0.15) is 5.76 Å². The van der Waals surface area contributed by atoms with Gasteiger partial charge in [0, 0.05) is 17.7 Å². The number of sulfonamides is 1. The number of carbonyl (C=O) groups is 1. The minimum Gasteiger partial charge on any atom is -0.361 e.